The van der Waals surface area contributed by atoms with E-state index in [0.717, 1.165) is 5.56 Å². The summed E-state index contributed by atoms with van der Waals surface area (Å²) < 4.78 is 10.2. The maximum absolute atomic E-state index is 10.6. The summed E-state index contributed by atoms with van der Waals surface area (Å²) in [6, 6.07) is 9.25. The van der Waals surface area contributed by atoms with Gasteiger partial charge in [0.2, 0.25) is 5.89 Å². The smallest absolute Gasteiger partial charge is 0.449 e. The van der Waals surface area contributed by atoms with Gasteiger partial charge in [-0.25, -0.2) is 4.79 Å². The molecule has 0 atom stereocenters. The predicted molar refractivity (Wildman–Crippen MR) is 64.7 cm³/mol. The number of carboxylic acid groups (broad SMARTS) is 1. The van der Waals surface area contributed by atoms with E-state index in [1.807, 2.05) is 44.2 Å². The summed E-state index contributed by atoms with van der Waals surface area (Å²) in [6.45, 7) is 3.76. The number of hydrogen-bond donors (Lipinski definition) is 1. The minimum absolute atomic E-state index is 0.00990. The Morgan fingerprint density at radius 3 is 2.56 bits per heavy atom. The van der Waals surface area contributed by atoms with E-state index in [1.54, 1.807) is 0 Å². The molecule has 1 heterocycles. The fraction of sp³-hybridized carbons (Fsp3) is 0.231. The first-order chi connectivity index (χ1) is 8.58. The molecule has 1 aromatic heterocycles. The zero-order valence-electron chi connectivity index (χ0n) is 10.1. The molecule has 0 amide bonds. The summed E-state index contributed by atoms with van der Waals surface area (Å²) in [5.41, 5.74) is 0.777. The van der Waals surface area contributed by atoms with Crippen molar-refractivity contribution in [2.75, 3.05) is 0 Å². The van der Waals surface area contributed by atoms with Gasteiger partial charge in [0.05, 0.1) is 0 Å². The Labute approximate surface area is 104 Å². The van der Waals surface area contributed by atoms with E-state index in [-0.39, 0.29) is 11.8 Å². The minimum Gasteiger partial charge on any atom is -0.449 e. The Hall–Kier alpha value is -2.30. The molecule has 0 aliphatic heterocycles. The van der Waals surface area contributed by atoms with Crippen LogP contribution in [0.2, 0.25) is 0 Å². The summed E-state index contributed by atoms with van der Waals surface area (Å²) >= 11 is 0. The van der Waals surface area contributed by atoms with Crippen LogP contribution in [0, 0.1) is 0 Å². The van der Waals surface area contributed by atoms with Crippen LogP contribution in [0.3, 0.4) is 0 Å². The van der Waals surface area contributed by atoms with Crippen molar-refractivity contribution in [1.29, 1.82) is 0 Å². The Balaban J connectivity index is 2.42. The lowest BCUT2D eigenvalue weighted by Crippen LogP contribution is -2.05. The monoisotopic (exact) mass is 247 g/mol. The second kappa shape index (κ2) is 4.91. The summed E-state index contributed by atoms with van der Waals surface area (Å²) in [4.78, 5) is 14.7. The van der Waals surface area contributed by atoms with Crippen LogP contribution in [0.4, 0.5) is 4.79 Å². The van der Waals surface area contributed by atoms with Crippen LogP contribution in [0.1, 0.15) is 25.5 Å². The van der Waals surface area contributed by atoms with Gasteiger partial charge in [-0.2, -0.15) is 4.98 Å². The van der Waals surface area contributed by atoms with Crippen molar-refractivity contribution >= 4 is 6.16 Å². The van der Waals surface area contributed by atoms with E-state index in [1.165, 1.54) is 0 Å². The van der Waals surface area contributed by atoms with Crippen LogP contribution in [-0.4, -0.2) is 16.2 Å². The lowest BCUT2D eigenvalue weighted by atomic mass is 10.2. The van der Waals surface area contributed by atoms with Gasteiger partial charge in [-0.1, -0.05) is 32.0 Å². The molecule has 5 nitrogen and oxygen atoms in total. The first-order valence-electron chi connectivity index (χ1n) is 5.55. The highest BCUT2D eigenvalue weighted by Gasteiger charge is 2.20. The molecule has 0 aliphatic carbocycles. The molecule has 0 saturated heterocycles. The Kier molecular flexibility index (Phi) is 3.32. The molecule has 0 radical (unpaired) electrons. The van der Waals surface area contributed by atoms with Crippen molar-refractivity contribution in [3.63, 3.8) is 0 Å². The number of ether oxygens (including phenoxy) is 1. The number of rotatable bonds is 3. The van der Waals surface area contributed by atoms with E-state index >= 15 is 0 Å². The van der Waals surface area contributed by atoms with Crippen LogP contribution in [0.5, 0.6) is 5.88 Å². The van der Waals surface area contributed by atoms with Crippen LogP contribution in [0.25, 0.3) is 11.5 Å². The fourth-order valence-electron chi connectivity index (χ4n) is 1.54. The minimum atomic E-state index is -1.40. The summed E-state index contributed by atoms with van der Waals surface area (Å²) in [5, 5.41) is 8.65. The molecular weight excluding hydrogens is 234 g/mol. The number of oxazole rings is 1. The molecule has 0 bridgehead atoms. The second-order valence-electron chi connectivity index (χ2n) is 4.08. The van der Waals surface area contributed by atoms with E-state index in [0.29, 0.717) is 11.7 Å². The summed E-state index contributed by atoms with van der Waals surface area (Å²) in [5.74, 6) is 0.785. The molecular formula is C13H13NO4. The highest BCUT2D eigenvalue weighted by atomic mass is 16.7. The quantitative estimate of drug-likeness (QED) is 0.840. The van der Waals surface area contributed by atoms with E-state index in [4.69, 9.17) is 9.52 Å². The number of benzene rings is 1. The SMILES string of the molecule is CC(C)c1oc(-c2ccccc2)nc1OC(=O)O. The molecule has 1 aromatic carbocycles. The average Bonchev–Trinajstić information content (AvgIpc) is 2.73. The molecule has 0 aliphatic rings. The van der Waals surface area contributed by atoms with Gasteiger partial charge in [-0.3, -0.25) is 0 Å². The zero-order valence-corrected chi connectivity index (χ0v) is 10.1. The third kappa shape index (κ3) is 2.51. The van der Waals surface area contributed by atoms with Gasteiger partial charge in [-0.05, 0) is 12.1 Å². The van der Waals surface area contributed by atoms with Crippen molar-refractivity contribution in [1.82, 2.24) is 4.98 Å². The largest absolute Gasteiger partial charge is 0.512 e. The molecule has 0 fully saturated rings. The molecule has 2 aromatic rings. The van der Waals surface area contributed by atoms with Crippen molar-refractivity contribution < 1.29 is 19.1 Å². The number of aromatic nitrogens is 1. The average molecular weight is 247 g/mol. The van der Waals surface area contributed by atoms with Crippen molar-refractivity contribution in [3.05, 3.63) is 36.1 Å². The Morgan fingerprint density at radius 2 is 2.00 bits per heavy atom. The summed E-state index contributed by atoms with van der Waals surface area (Å²) in [6.07, 6.45) is -1.40. The molecule has 2 rings (SSSR count). The van der Waals surface area contributed by atoms with E-state index in [2.05, 4.69) is 9.72 Å². The normalized spacial score (nSPS) is 10.6. The number of carbonyl (C=O) groups is 1. The Bertz CT molecular complexity index is 545. The fourth-order valence-corrected chi connectivity index (χ4v) is 1.54. The maximum atomic E-state index is 10.6. The first kappa shape index (κ1) is 12.2. The lowest BCUT2D eigenvalue weighted by Gasteiger charge is -2.00. The van der Waals surface area contributed by atoms with Crippen LogP contribution < -0.4 is 4.74 Å². The van der Waals surface area contributed by atoms with E-state index in [9.17, 15) is 4.79 Å². The van der Waals surface area contributed by atoms with E-state index < -0.39 is 6.16 Å². The van der Waals surface area contributed by atoms with Crippen LogP contribution >= 0.6 is 0 Å². The lowest BCUT2D eigenvalue weighted by molar-refractivity contribution is 0.141. The predicted octanol–water partition coefficient (Wildman–Crippen LogP) is 3.52. The van der Waals surface area contributed by atoms with Crippen LogP contribution in [-0.2, 0) is 0 Å². The van der Waals surface area contributed by atoms with Crippen molar-refractivity contribution in [3.8, 4) is 17.3 Å². The maximum Gasteiger partial charge on any atom is 0.512 e. The molecule has 0 unspecified atom stereocenters. The molecule has 94 valence electrons. The highest BCUT2D eigenvalue weighted by Crippen LogP contribution is 2.31. The molecule has 18 heavy (non-hydrogen) atoms. The molecule has 1 N–H and O–H groups in total. The molecule has 5 heteroatoms. The van der Waals surface area contributed by atoms with Gasteiger partial charge in [-0.15, -0.1) is 0 Å². The Morgan fingerprint density at radius 1 is 1.33 bits per heavy atom. The third-order valence-electron chi connectivity index (χ3n) is 2.35. The first-order valence-corrected chi connectivity index (χ1v) is 5.55. The second-order valence-corrected chi connectivity index (χ2v) is 4.08. The van der Waals surface area contributed by atoms with Crippen molar-refractivity contribution in [2.24, 2.45) is 0 Å². The summed E-state index contributed by atoms with van der Waals surface area (Å²) in [7, 11) is 0. The van der Waals surface area contributed by atoms with Gasteiger partial charge in [0.15, 0.2) is 5.76 Å². The zero-order chi connectivity index (χ0) is 13.1. The number of hydrogen-bond acceptors (Lipinski definition) is 4. The molecule has 0 saturated carbocycles. The van der Waals surface area contributed by atoms with Crippen LogP contribution in [0.15, 0.2) is 34.7 Å². The van der Waals surface area contributed by atoms with Gasteiger partial charge < -0.3 is 14.3 Å². The van der Waals surface area contributed by atoms with Gasteiger partial charge in [0.25, 0.3) is 5.88 Å². The van der Waals surface area contributed by atoms with Gasteiger partial charge in [0, 0.05) is 11.5 Å². The highest BCUT2D eigenvalue weighted by molar-refractivity contribution is 5.62. The topological polar surface area (TPSA) is 72.6 Å². The third-order valence-corrected chi connectivity index (χ3v) is 2.35. The standard InChI is InChI=1S/C13H13NO4/c1-8(2)10-12(18-13(15)16)14-11(17-10)9-6-4-3-5-7-9/h3-8H,1-2H3,(H,15,16). The van der Waals surface area contributed by atoms with Crippen molar-refractivity contribution in [2.45, 2.75) is 19.8 Å². The molecule has 0 spiro atoms. The van der Waals surface area contributed by atoms with Gasteiger partial charge >= 0.3 is 6.16 Å². The van der Waals surface area contributed by atoms with Gasteiger partial charge in [0.1, 0.15) is 0 Å². The number of nitrogens with zero attached hydrogens (tertiary/aromatic N) is 1.